The number of hydrogen-bond acceptors (Lipinski definition) is 9. The fraction of sp³-hybridized carbons (Fsp3) is 0.200. The van der Waals surface area contributed by atoms with E-state index in [1.165, 1.54) is 12.3 Å². The summed E-state index contributed by atoms with van der Waals surface area (Å²) in [7, 11) is -3.67. The van der Waals surface area contributed by atoms with Crippen LogP contribution in [0.15, 0.2) is 40.4 Å². The highest BCUT2D eigenvalue weighted by Crippen LogP contribution is 2.38. The van der Waals surface area contributed by atoms with E-state index in [0.717, 1.165) is 0 Å². The quantitative estimate of drug-likeness (QED) is 0.500. The highest BCUT2D eigenvalue weighted by Gasteiger charge is 2.40. The van der Waals surface area contributed by atoms with Crippen LogP contribution in [-0.2, 0) is 25.7 Å². The van der Waals surface area contributed by atoms with Gasteiger partial charge in [0.25, 0.3) is 0 Å². The molecule has 138 valence electrons. The van der Waals surface area contributed by atoms with Crippen molar-refractivity contribution in [2.24, 2.45) is 0 Å². The molecule has 1 aromatic carbocycles. The van der Waals surface area contributed by atoms with E-state index in [9.17, 15) is 12.6 Å². The van der Waals surface area contributed by atoms with E-state index in [1.54, 1.807) is 18.3 Å². The SMILES string of the molecule is Nc1cncc(-c2ccc(S(=O)(=O)C3CNC3)c([S+]=O)c2-c2nnn[nH]2)c1. The number of H-pyrrole nitrogens is 1. The van der Waals surface area contributed by atoms with Gasteiger partial charge in [-0.25, -0.2) is 13.5 Å². The minimum Gasteiger partial charge on any atom is -0.397 e. The molecule has 27 heavy (non-hydrogen) atoms. The van der Waals surface area contributed by atoms with Gasteiger partial charge < -0.3 is 11.1 Å². The van der Waals surface area contributed by atoms with Gasteiger partial charge in [0.2, 0.25) is 0 Å². The van der Waals surface area contributed by atoms with Crippen LogP contribution in [0.1, 0.15) is 0 Å². The van der Waals surface area contributed by atoms with Gasteiger partial charge in [-0.3, -0.25) is 4.98 Å². The second-order valence-electron chi connectivity index (χ2n) is 5.98. The van der Waals surface area contributed by atoms with E-state index in [4.69, 9.17) is 5.73 Å². The molecule has 0 saturated carbocycles. The van der Waals surface area contributed by atoms with Crippen LogP contribution in [0.25, 0.3) is 22.5 Å². The molecule has 0 spiro atoms. The van der Waals surface area contributed by atoms with Crippen molar-refractivity contribution < 1.29 is 12.6 Å². The average molecular weight is 404 g/mol. The average Bonchev–Trinajstić information content (AvgIpc) is 3.12. The minimum absolute atomic E-state index is 0.0268. The number of benzene rings is 1. The zero-order chi connectivity index (χ0) is 19.0. The number of rotatable bonds is 5. The van der Waals surface area contributed by atoms with Gasteiger partial charge in [-0.15, -0.1) is 5.10 Å². The number of sulfone groups is 1. The maximum absolute atomic E-state index is 12.9. The van der Waals surface area contributed by atoms with E-state index >= 15 is 0 Å². The molecule has 0 aliphatic carbocycles. The number of aromatic nitrogens is 5. The molecular weight excluding hydrogens is 390 g/mol. The standard InChI is InChI=1S/C15H14N7O3S2/c16-9-3-8(4-17-5-9)11-1-2-12(27(24,25)10-6-18-7-10)14(26-23)13(11)15-19-21-22-20-15/h1-5,10,18H,6-7,16H2,(H,19,20,21,22)/q+1. The molecule has 12 heteroatoms. The largest absolute Gasteiger partial charge is 0.507 e. The summed E-state index contributed by atoms with van der Waals surface area (Å²) < 4.78 is 37.9. The maximum atomic E-state index is 12.9. The lowest BCUT2D eigenvalue weighted by Crippen LogP contribution is -2.51. The van der Waals surface area contributed by atoms with E-state index < -0.39 is 15.1 Å². The fourth-order valence-electron chi connectivity index (χ4n) is 2.88. The number of anilines is 1. The van der Waals surface area contributed by atoms with Crippen LogP contribution in [-0.4, -0.2) is 52.4 Å². The molecular formula is C15H14N7O3S2+. The first-order valence-electron chi connectivity index (χ1n) is 7.89. The second kappa shape index (κ2) is 6.72. The summed E-state index contributed by atoms with van der Waals surface area (Å²) in [6.07, 6.45) is 3.06. The molecule has 1 aliphatic heterocycles. The smallest absolute Gasteiger partial charge is 0.397 e. The van der Waals surface area contributed by atoms with Crippen molar-refractivity contribution in [3.05, 3.63) is 30.6 Å². The summed E-state index contributed by atoms with van der Waals surface area (Å²) in [4.78, 5) is 4.08. The molecule has 4 rings (SSSR count). The Bertz CT molecular complexity index is 1110. The highest BCUT2D eigenvalue weighted by atomic mass is 32.2. The first-order valence-corrected chi connectivity index (χ1v) is 10.2. The van der Waals surface area contributed by atoms with Crippen molar-refractivity contribution >= 4 is 27.2 Å². The molecule has 10 nitrogen and oxygen atoms in total. The monoisotopic (exact) mass is 404 g/mol. The van der Waals surface area contributed by atoms with Crippen molar-refractivity contribution in [3.63, 3.8) is 0 Å². The summed E-state index contributed by atoms with van der Waals surface area (Å²) in [5, 5.41) is 16.0. The molecule has 1 fully saturated rings. The van der Waals surface area contributed by atoms with E-state index in [1.807, 2.05) is 0 Å². The number of nitrogens with two attached hydrogens (primary N) is 1. The zero-order valence-electron chi connectivity index (χ0n) is 13.8. The van der Waals surface area contributed by atoms with Gasteiger partial charge in [-0.1, -0.05) is 6.07 Å². The van der Waals surface area contributed by atoms with Crippen LogP contribution >= 0.6 is 0 Å². The molecule has 3 heterocycles. The fourth-order valence-corrected chi connectivity index (χ4v) is 5.42. The number of nitrogens with zero attached hydrogens (tertiary/aromatic N) is 4. The van der Waals surface area contributed by atoms with Gasteiger partial charge in [-0.05, 0) is 22.6 Å². The molecule has 1 aliphatic rings. The molecule has 4 N–H and O–H groups in total. The summed E-state index contributed by atoms with van der Waals surface area (Å²) in [6.45, 7) is 0.705. The van der Waals surface area contributed by atoms with Crippen LogP contribution in [0.4, 0.5) is 5.69 Å². The van der Waals surface area contributed by atoms with Gasteiger partial charge >= 0.3 is 16.6 Å². The first kappa shape index (κ1) is 17.6. The lowest BCUT2D eigenvalue weighted by molar-refractivity contribution is 0.494. The Labute approximate surface area is 158 Å². The highest BCUT2D eigenvalue weighted by molar-refractivity contribution is 7.92. The maximum Gasteiger partial charge on any atom is 0.507 e. The Morgan fingerprint density at radius 1 is 1.22 bits per heavy atom. The number of hydrogen-bond donors (Lipinski definition) is 3. The third-order valence-electron chi connectivity index (χ3n) is 4.35. The summed E-state index contributed by atoms with van der Waals surface area (Å²) in [5.74, 6) is 0.189. The predicted molar refractivity (Wildman–Crippen MR) is 97.4 cm³/mol. The van der Waals surface area contributed by atoms with Crippen molar-refractivity contribution in [2.75, 3.05) is 18.8 Å². The summed E-state index contributed by atoms with van der Waals surface area (Å²) >= 11 is 0.0954. The van der Waals surface area contributed by atoms with E-state index in [2.05, 4.69) is 30.9 Å². The third-order valence-corrected chi connectivity index (χ3v) is 7.23. The minimum atomic E-state index is -3.67. The molecule has 0 radical (unpaired) electrons. The Balaban J connectivity index is 2.01. The molecule has 0 bridgehead atoms. The van der Waals surface area contributed by atoms with Gasteiger partial charge in [0.15, 0.2) is 15.7 Å². The number of nitrogens with one attached hydrogen (secondary N) is 2. The first-order chi connectivity index (χ1) is 13.0. The molecule has 0 atom stereocenters. The van der Waals surface area contributed by atoms with Gasteiger partial charge in [-0.2, -0.15) is 0 Å². The van der Waals surface area contributed by atoms with Crippen LogP contribution in [0.3, 0.4) is 0 Å². The van der Waals surface area contributed by atoms with Crippen LogP contribution in [0, 0.1) is 0 Å². The van der Waals surface area contributed by atoms with Gasteiger partial charge in [0.05, 0.1) is 10.9 Å². The van der Waals surface area contributed by atoms with E-state index in [-0.39, 0.29) is 27.3 Å². The molecule has 1 saturated heterocycles. The Kier molecular flexibility index (Phi) is 4.37. The molecule has 0 unspecified atom stereocenters. The lowest BCUT2D eigenvalue weighted by atomic mass is 10.0. The van der Waals surface area contributed by atoms with Gasteiger partial charge in [0.1, 0.15) is 10.5 Å². The van der Waals surface area contributed by atoms with E-state index in [0.29, 0.717) is 35.5 Å². The van der Waals surface area contributed by atoms with Crippen LogP contribution in [0.5, 0.6) is 0 Å². The predicted octanol–water partition coefficient (Wildman–Crippen LogP) is 0.0434. The molecule has 0 amide bonds. The third kappa shape index (κ3) is 2.97. The molecule has 3 aromatic rings. The number of pyridine rings is 1. The topological polar surface area (TPSA) is 157 Å². The Morgan fingerprint density at radius 2 is 2.04 bits per heavy atom. The second-order valence-corrected chi connectivity index (χ2v) is 8.75. The van der Waals surface area contributed by atoms with Crippen molar-refractivity contribution in [1.82, 2.24) is 30.9 Å². The summed E-state index contributed by atoms with van der Waals surface area (Å²) in [6, 6.07) is 4.74. The summed E-state index contributed by atoms with van der Waals surface area (Å²) in [5.41, 5.74) is 7.73. The van der Waals surface area contributed by atoms with Crippen LogP contribution in [0.2, 0.25) is 0 Å². The number of aromatic amines is 1. The normalized spacial score (nSPS) is 14.7. The lowest BCUT2D eigenvalue weighted by Gasteiger charge is -2.26. The molecule has 2 aromatic heterocycles. The van der Waals surface area contributed by atoms with Gasteiger partial charge in [0, 0.05) is 40.8 Å². The number of tetrazole rings is 1. The Hall–Kier alpha value is -2.83. The Morgan fingerprint density at radius 3 is 2.63 bits per heavy atom. The van der Waals surface area contributed by atoms with Crippen LogP contribution < -0.4 is 11.1 Å². The van der Waals surface area contributed by atoms with Crippen molar-refractivity contribution in [2.45, 2.75) is 15.0 Å². The number of nitrogen functional groups attached to an aromatic ring is 1. The van der Waals surface area contributed by atoms with Crippen molar-refractivity contribution in [3.8, 4) is 22.5 Å². The zero-order valence-corrected chi connectivity index (χ0v) is 15.4. The van der Waals surface area contributed by atoms with Crippen molar-refractivity contribution in [1.29, 1.82) is 0 Å².